The van der Waals surface area contributed by atoms with E-state index in [1.807, 2.05) is 0 Å². The molecule has 0 aromatic heterocycles. The molecule has 1 saturated heterocycles. The topological polar surface area (TPSA) is 35.5 Å². The van der Waals surface area contributed by atoms with Crippen LogP contribution < -0.4 is 0 Å². The highest BCUT2D eigenvalue weighted by Crippen LogP contribution is 2.45. The molecule has 106 valence electrons. The Hall–Kier alpha value is -0.670. The molecule has 0 bridgehead atoms. The maximum atomic E-state index is 12.0. The fraction of sp³-hybridized carbons (Fsp3) is 0.812. The molecule has 3 rings (SSSR count). The van der Waals surface area contributed by atoms with Crippen LogP contribution in [0.2, 0.25) is 0 Å². The molecule has 0 radical (unpaired) electrons. The second-order valence-electron chi connectivity index (χ2n) is 6.29. The fourth-order valence-electron chi connectivity index (χ4n) is 3.13. The number of carbonyl (C=O) groups is 1. The van der Waals surface area contributed by atoms with Crippen molar-refractivity contribution in [3.63, 3.8) is 0 Å². The Morgan fingerprint density at radius 1 is 1.26 bits per heavy atom. The first-order valence-electron chi connectivity index (χ1n) is 7.74. The third kappa shape index (κ3) is 3.09. The van der Waals surface area contributed by atoms with Gasteiger partial charge in [-0.25, -0.2) is 0 Å². The Kier molecular flexibility index (Phi) is 3.77. The van der Waals surface area contributed by atoms with Crippen LogP contribution in [0, 0.1) is 5.92 Å². The maximum Gasteiger partial charge on any atom is 0.158 e. The van der Waals surface area contributed by atoms with E-state index in [4.69, 9.17) is 9.47 Å². The van der Waals surface area contributed by atoms with Gasteiger partial charge in [-0.1, -0.05) is 6.92 Å². The van der Waals surface area contributed by atoms with E-state index < -0.39 is 0 Å². The minimum atomic E-state index is -0.182. The molecule has 3 fully saturated rings. The zero-order valence-corrected chi connectivity index (χ0v) is 11.8. The molecule has 0 spiro atoms. The van der Waals surface area contributed by atoms with Crippen molar-refractivity contribution in [3.05, 3.63) is 11.6 Å². The van der Waals surface area contributed by atoms with Crippen LogP contribution in [0.3, 0.4) is 0 Å². The molecule has 19 heavy (non-hydrogen) atoms. The van der Waals surface area contributed by atoms with Crippen LogP contribution in [0.1, 0.15) is 58.3 Å². The quantitative estimate of drug-likeness (QED) is 0.733. The minimum absolute atomic E-state index is 0.0536. The van der Waals surface area contributed by atoms with Gasteiger partial charge in [0.25, 0.3) is 0 Å². The first-order valence-corrected chi connectivity index (χ1v) is 7.74. The monoisotopic (exact) mass is 264 g/mol. The summed E-state index contributed by atoms with van der Waals surface area (Å²) >= 11 is 0. The molecular formula is C16H24O3. The highest BCUT2D eigenvalue weighted by molar-refractivity contribution is 5.96. The largest absolute Gasteiger partial charge is 0.353 e. The molecule has 2 unspecified atom stereocenters. The lowest BCUT2D eigenvalue weighted by atomic mass is 9.83. The zero-order valence-electron chi connectivity index (χ0n) is 11.8. The summed E-state index contributed by atoms with van der Waals surface area (Å²) in [6.07, 6.45) is 10.4. The summed E-state index contributed by atoms with van der Waals surface area (Å²) in [6.45, 7) is 2.97. The van der Waals surface area contributed by atoms with Crippen LogP contribution in [-0.2, 0) is 14.3 Å². The van der Waals surface area contributed by atoms with Crippen LogP contribution in [0.25, 0.3) is 0 Å². The molecule has 0 aromatic carbocycles. The van der Waals surface area contributed by atoms with E-state index in [1.54, 1.807) is 0 Å². The standard InChI is InChI=1S/C16H24O3/c1-12-5-4-6-14(17)13(12)11-16(8-9-16)19-15-7-2-3-10-18-15/h11-12,15H,2-10H2,1H3/b13-11+. The van der Waals surface area contributed by atoms with E-state index in [0.29, 0.717) is 18.1 Å². The predicted octanol–water partition coefficient (Wildman–Crippen LogP) is 3.38. The highest BCUT2D eigenvalue weighted by atomic mass is 16.7. The van der Waals surface area contributed by atoms with Gasteiger partial charge in [-0.2, -0.15) is 0 Å². The highest BCUT2D eigenvalue weighted by Gasteiger charge is 2.45. The van der Waals surface area contributed by atoms with Crippen molar-refractivity contribution in [2.24, 2.45) is 5.92 Å². The molecular weight excluding hydrogens is 240 g/mol. The van der Waals surface area contributed by atoms with Crippen LogP contribution in [0.5, 0.6) is 0 Å². The first kappa shape index (κ1) is 13.3. The lowest BCUT2D eigenvalue weighted by molar-refractivity contribution is -0.186. The smallest absolute Gasteiger partial charge is 0.158 e. The third-order valence-corrected chi connectivity index (χ3v) is 4.56. The Morgan fingerprint density at radius 2 is 2.11 bits per heavy atom. The Labute approximate surface area is 115 Å². The molecule has 2 atom stereocenters. The summed E-state index contributed by atoms with van der Waals surface area (Å²) < 4.78 is 11.8. The van der Waals surface area contributed by atoms with Gasteiger partial charge in [0.1, 0.15) is 0 Å². The van der Waals surface area contributed by atoms with Crippen LogP contribution in [0.15, 0.2) is 11.6 Å². The van der Waals surface area contributed by atoms with Gasteiger partial charge in [0.05, 0.1) is 5.60 Å². The number of ether oxygens (including phenoxy) is 2. The number of carbonyl (C=O) groups excluding carboxylic acids is 1. The van der Waals surface area contributed by atoms with Gasteiger partial charge in [-0.05, 0) is 62.5 Å². The molecule has 3 aliphatic rings. The fourth-order valence-corrected chi connectivity index (χ4v) is 3.13. The lowest BCUT2D eigenvalue weighted by Crippen LogP contribution is -2.29. The molecule has 0 aromatic rings. The van der Waals surface area contributed by atoms with E-state index >= 15 is 0 Å². The van der Waals surface area contributed by atoms with Crippen molar-refractivity contribution in [1.29, 1.82) is 0 Å². The van der Waals surface area contributed by atoms with Crippen LogP contribution in [0.4, 0.5) is 0 Å². The van der Waals surface area contributed by atoms with Crippen LogP contribution in [-0.4, -0.2) is 24.3 Å². The van der Waals surface area contributed by atoms with E-state index in [9.17, 15) is 4.79 Å². The zero-order chi connectivity index (χ0) is 13.3. The predicted molar refractivity (Wildman–Crippen MR) is 72.7 cm³/mol. The number of Topliss-reactive ketones (excluding diaryl/α,β-unsaturated/α-hetero) is 1. The first-order chi connectivity index (χ1) is 9.19. The molecule has 1 heterocycles. The molecule has 0 N–H and O–H groups in total. The van der Waals surface area contributed by atoms with Gasteiger partial charge in [-0.15, -0.1) is 0 Å². The van der Waals surface area contributed by atoms with E-state index in [1.165, 1.54) is 6.42 Å². The summed E-state index contributed by atoms with van der Waals surface area (Å²) in [4.78, 5) is 12.0. The van der Waals surface area contributed by atoms with Gasteiger partial charge >= 0.3 is 0 Å². The number of allylic oxidation sites excluding steroid dienone is 1. The minimum Gasteiger partial charge on any atom is -0.353 e. The molecule has 0 amide bonds. The average molecular weight is 264 g/mol. The molecule has 2 saturated carbocycles. The van der Waals surface area contributed by atoms with Crippen molar-refractivity contribution >= 4 is 5.78 Å². The third-order valence-electron chi connectivity index (χ3n) is 4.56. The lowest BCUT2D eigenvalue weighted by Gasteiger charge is -2.28. The summed E-state index contributed by atoms with van der Waals surface area (Å²) in [5.74, 6) is 0.729. The van der Waals surface area contributed by atoms with E-state index in [-0.39, 0.29) is 11.9 Å². The van der Waals surface area contributed by atoms with Gasteiger partial charge in [0, 0.05) is 13.0 Å². The number of hydrogen-bond acceptors (Lipinski definition) is 3. The number of rotatable bonds is 3. The normalized spacial score (nSPS) is 36.5. The molecule has 1 aliphatic heterocycles. The number of ketones is 1. The SMILES string of the molecule is CC1CCCC(=O)/C1=C/C1(OC2CCCCO2)CC1. The van der Waals surface area contributed by atoms with Crippen molar-refractivity contribution in [1.82, 2.24) is 0 Å². The average Bonchev–Trinajstić information content (AvgIpc) is 3.15. The van der Waals surface area contributed by atoms with Crippen molar-refractivity contribution in [2.45, 2.75) is 70.2 Å². The summed E-state index contributed by atoms with van der Waals surface area (Å²) in [5, 5.41) is 0. The number of hydrogen-bond donors (Lipinski definition) is 0. The van der Waals surface area contributed by atoms with Crippen molar-refractivity contribution in [3.8, 4) is 0 Å². The van der Waals surface area contributed by atoms with E-state index in [0.717, 1.165) is 50.7 Å². The van der Waals surface area contributed by atoms with Gasteiger partial charge < -0.3 is 9.47 Å². The second kappa shape index (κ2) is 5.37. The van der Waals surface area contributed by atoms with Crippen LogP contribution >= 0.6 is 0 Å². The van der Waals surface area contributed by atoms with Gasteiger partial charge in [-0.3, -0.25) is 4.79 Å². The summed E-state index contributed by atoms with van der Waals surface area (Å²) in [6, 6.07) is 0. The summed E-state index contributed by atoms with van der Waals surface area (Å²) in [7, 11) is 0. The molecule has 2 aliphatic carbocycles. The van der Waals surface area contributed by atoms with Gasteiger partial charge in [0.15, 0.2) is 12.1 Å². The molecule has 3 nitrogen and oxygen atoms in total. The second-order valence-corrected chi connectivity index (χ2v) is 6.29. The van der Waals surface area contributed by atoms with Crippen molar-refractivity contribution < 1.29 is 14.3 Å². The Morgan fingerprint density at radius 3 is 2.74 bits per heavy atom. The Bertz CT molecular complexity index is 375. The maximum absolute atomic E-state index is 12.0. The van der Waals surface area contributed by atoms with Crippen molar-refractivity contribution in [2.75, 3.05) is 6.61 Å². The van der Waals surface area contributed by atoms with E-state index in [2.05, 4.69) is 13.0 Å². The molecule has 3 heteroatoms. The van der Waals surface area contributed by atoms with Gasteiger partial charge in [0.2, 0.25) is 0 Å². The summed E-state index contributed by atoms with van der Waals surface area (Å²) in [5.41, 5.74) is 0.832. The Balaban J connectivity index is 1.68.